The zero-order chi connectivity index (χ0) is 13.7. The van der Waals surface area contributed by atoms with Gasteiger partial charge >= 0.3 is 0 Å². The number of carbonyl (C=O) groups is 1. The molecule has 5 nitrogen and oxygen atoms in total. The van der Waals surface area contributed by atoms with E-state index in [1.54, 1.807) is 0 Å². The lowest BCUT2D eigenvalue weighted by Gasteiger charge is -2.10. The summed E-state index contributed by atoms with van der Waals surface area (Å²) >= 11 is 0. The summed E-state index contributed by atoms with van der Waals surface area (Å²) in [5, 5.41) is 5.88. The number of nitrogens with one attached hydrogen (secondary N) is 3. The van der Waals surface area contributed by atoms with Crippen LogP contribution in [-0.2, 0) is 6.54 Å². The van der Waals surface area contributed by atoms with E-state index in [1.807, 2.05) is 31.3 Å². The van der Waals surface area contributed by atoms with Crippen molar-refractivity contribution in [3.05, 3.63) is 64.1 Å². The lowest BCUT2D eigenvalue weighted by atomic mass is 10.1. The molecule has 0 bridgehead atoms. The van der Waals surface area contributed by atoms with Gasteiger partial charge in [0.15, 0.2) is 0 Å². The fourth-order valence-corrected chi connectivity index (χ4v) is 1.73. The Balaban J connectivity index is 2.19. The van der Waals surface area contributed by atoms with Crippen molar-refractivity contribution in [3.63, 3.8) is 0 Å². The normalized spacial score (nSPS) is 10.2. The Hall–Kier alpha value is -2.40. The molecule has 98 valence electrons. The molecule has 1 heterocycles. The summed E-state index contributed by atoms with van der Waals surface area (Å²) in [5.41, 5.74) is 1.95. The van der Waals surface area contributed by atoms with Gasteiger partial charge in [0, 0.05) is 24.5 Å². The van der Waals surface area contributed by atoms with Crippen LogP contribution in [0.1, 0.15) is 15.9 Å². The lowest BCUT2D eigenvalue weighted by molar-refractivity contribution is 0.102. The largest absolute Gasteiger partial charge is 0.328 e. The number of amides is 1. The van der Waals surface area contributed by atoms with E-state index in [0.29, 0.717) is 12.1 Å². The Bertz CT molecular complexity index is 614. The highest BCUT2D eigenvalue weighted by Gasteiger charge is 2.08. The third-order valence-corrected chi connectivity index (χ3v) is 2.68. The van der Waals surface area contributed by atoms with Crippen molar-refractivity contribution in [2.24, 2.45) is 0 Å². The van der Waals surface area contributed by atoms with Gasteiger partial charge in [0.05, 0.1) is 5.56 Å². The average Bonchev–Trinajstić information content (AvgIpc) is 2.42. The van der Waals surface area contributed by atoms with E-state index in [9.17, 15) is 9.59 Å². The number of H-pyrrole nitrogens is 1. The molecule has 2 rings (SSSR count). The maximum atomic E-state index is 12.0. The van der Waals surface area contributed by atoms with Crippen molar-refractivity contribution in [2.75, 3.05) is 12.4 Å². The van der Waals surface area contributed by atoms with Crippen molar-refractivity contribution in [3.8, 4) is 0 Å². The summed E-state index contributed by atoms with van der Waals surface area (Å²) in [7, 11) is 1.85. The molecule has 0 aliphatic rings. The van der Waals surface area contributed by atoms with Gasteiger partial charge in [-0.2, -0.15) is 0 Å². The molecule has 0 aliphatic carbocycles. The van der Waals surface area contributed by atoms with Crippen molar-refractivity contribution >= 4 is 11.6 Å². The molecule has 1 amide bonds. The molecule has 0 fully saturated rings. The highest BCUT2D eigenvalue weighted by Crippen LogP contribution is 2.15. The van der Waals surface area contributed by atoms with E-state index >= 15 is 0 Å². The third kappa shape index (κ3) is 3.29. The number of anilines is 1. The van der Waals surface area contributed by atoms with Crippen LogP contribution in [0.4, 0.5) is 5.69 Å². The van der Waals surface area contributed by atoms with Crippen LogP contribution >= 0.6 is 0 Å². The minimum absolute atomic E-state index is 0.230. The Morgan fingerprint density at radius 1 is 1.21 bits per heavy atom. The molecular formula is C14H15N3O2. The molecule has 2 aromatic rings. The van der Waals surface area contributed by atoms with E-state index in [2.05, 4.69) is 15.6 Å². The number of pyridine rings is 1. The highest BCUT2D eigenvalue weighted by atomic mass is 16.1. The molecule has 0 unspecified atom stereocenters. The lowest BCUT2D eigenvalue weighted by Crippen LogP contribution is -2.16. The molecule has 0 saturated heterocycles. The fraction of sp³-hybridized carbons (Fsp3) is 0.143. The summed E-state index contributed by atoms with van der Waals surface area (Å²) in [5.74, 6) is -0.250. The van der Waals surface area contributed by atoms with Gasteiger partial charge in [0.1, 0.15) is 0 Å². The van der Waals surface area contributed by atoms with Crippen LogP contribution in [0.5, 0.6) is 0 Å². The van der Waals surface area contributed by atoms with E-state index in [-0.39, 0.29) is 11.5 Å². The van der Waals surface area contributed by atoms with E-state index in [0.717, 1.165) is 11.3 Å². The first-order chi connectivity index (χ1) is 9.20. The first kappa shape index (κ1) is 13.0. The van der Waals surface area contributed by atoms with Crippen molar-refractivity contribution < 1.29 is 4.79 Å². The van der Waals surface area contributed by atoms with Crippen LogP contribution < -0.4 is 16.2 Å². The molecule has 0 aliphatic heterocycles. The van der Waals surface area contributed by atoms with E-state index < -0.39 is 0 Å². The number of aromatic amines is 1. The second kappa shape index (κ2) is 5.97. The number of rotatable bonds is 4. The molecule has 3 N–H and O–H groups in total. The monoisotopic (exact) mass is 257 g/mol. The molecule has 19 heavy (non-hydrogen) atoms. The van der Waals surface area contributed by atoms with Crippen molar-refractivity contribution in [1.82, 2.24) is 10.3 Å². The summed E-state index contributed by atoms with van der Waals surface area (Å²) in [6, 6.07) is 10.4. The second-order valence-corrected chi connectivity index (χ2v) is 4.08. The zero-order valence-corrected chi connectivity index (χ0v) is 10.6. The van der Waals surface area contributed by atoms with Crippen LogP contribution in [0.3, 0.4) is 0 Å². The predicted molar refractivity (Wildman–Crippen MR) is 74.2 cm³/mol. The molecule has 0 spiro atoms. The molecule has 0 atom stereocenters. The number of benzene rings is 1. The SMILES string of the molecule is CNCc1ccccc1NC(=O)c1ccc(=O)[nH]c1. The molecule has 0 saturated carbocycles. The van der Waals surface area contributed by atoms with Gasteiger partial charge in [-0.05, 0) is 24.7 Å². The van der Waals surface area contributed by atoms with Gasteiger partial charge in [-0.1, -0.05) is 18.2 Å². The number of para-hydroxylation sites is 1. The van der Waals surface area contributed by atoms with Crippen LogP contribution in [-0.4, -0.2) is 17.9 Å². The topological polar surface area (TPSA) is 74.0 Å². The van der Waals surface area contributed by atoms with Crippen molar-refractivity contribution in [1.29, 1.82) is 0 Å². The minimum atomic E-state index is -0.250. The van der Waals surface area contributed by atoms with Gasteiger partial charge in [-0.3, -0.25) is 9.59 Å². The standard InChI is InChI=1S/C14H15N3O2/c1-15-8-10-4-2-3-5-12(10)17-14(19)11-6-7-13(18)16-9-11/h2-7,9,15H,8H2,1H3,(H,16,18)(H,17,19). The van der Waals surface area contributed by atoms with Crippen LogP contribution in [0.25, 0.3) is 0 Å². The first-order valence-corrected chi connectivity index (χ1v) is 5.93. The molecule has 1 aromatic heterocycles. The number of aromatic nitrogens is 1. The first-order valence-electron chi connectivity index (χ1n) is 5.93. The molecule has 0 radical (unpaired) electrons. The van der Waals surface area contributed by atoms with Crippen LogP contribution in [0, 0.1) is 0 Å². The Morgan fingerprint density at radius 2 is 2.00 bits per heavy atom. The summed E-state index contributed by atoms with van der Waals surface area (Å²) in [6.07, 6.45) is 1.40. The number of hydrogen-bond acceptors (Lipinski definition) is 3. The van der Waals surface area contributed by atoms with Crippen LogP contribution in [0.15, 0.2) is 47.4 Å². The molecule has 5 heteroatoms. The van der Waals surface area contributed by atoms with Gasteiger partial charge < -0.3 is 15.6 Å². The molecule has 1 aromatic carbocycles. The third-order valence-electron chi connectivity index (χ3n) is 2.68. The van der Waals surface area contributed by atoms with Gasteiger partial charge in [-0.15, -0.1) is 0 Å². The Morgan fingerprint density at radius 3 is 2.68 bits per heavy atom. The molecular weight excluding hydrogens is 242 g/mol. The maximum Gasteiger partial charge on any atom is 0.257 e. The minimum Gasteiger partial charge on any atom is -0.328 e. The second-order valence-electron chi connectivity index (χ2n) is 4.08. The smallest absolute Gasteiger partial charge is 0.257 e. The highest BCUT2D eigenvalue weighted by molar-refractivity contribution is 6.04. The summed E-state index contributed by atoms with van der Waals surface area (Å²) in [6.45, 7) is 0.669. The summed E-state index contributed by atoms with van der Waals surface area (Å²) in [4.78, 5) is 25.5. The fourth-order valence-electron chi connectivity index (χ4n) is 1.73. The van der Waals surface area contributed by atoms with E-state index in [1.165, 1.54) is 18.3 Å². The van der Waals surface area contributed by atoms with E-state index in [4.69, 9.17) is 0 Å². The van der Waals surface area contributed by atoms with Gasteiger partial charge in [-0.25, -0.2) is 0 Å². The summed E-state index contributed by atoms with van der Waals surface area (Å²) < 4.78 is 0. The Kier molecular flexibility index (Phi) is 4.10. The quantitative estimate of drug-likeness (QED) is 0.774. The predicted octanol–water partition coefficient (Wildman–Crippen LogP) is 1.35. The maximum absolute atomic E-state index is 12.0. The van der Waals surface area contributed by atoms with Gasteiger partial charge in [0.25, 0.3) is 5.91 Å². The zero-order valence-electron chi connectivity index (χ0n) is 10.6. The van der Waals surface area contributed by atoms with Gasteiger partial charge in [0.2, 0.25) is 5.56 Å². The van der Waals surface area contributed by atoms with Crippen molar-refractivity contribution in [2.45, 2.75) is 6.54 Å². The number of carbonyl (C=O) groups excluding carboxylic acids is 1. The average molecular weight is 257 g/mol. The Labute approximate surface area is 110 Å². The number of hydrogen-bond donors (Lipinski definition) is 3. The van der Waals surface area contributed by atoms with Crippen LogP contribution in [0.2, 0.25) is 0 Å².